The number of phenols is 1. The molecular formula is C27H27NO7. The molecule has 4 aliphatic carbocycles. The molecule has 0 bridgehead atoms. The lowest BCUT2D eigenvalue weighted by atomic mass is 9.59. The van der Waals surface area contributed by atoms with Crippen molar-refractivity contribution in [1.82, 2.24) is 0 Å². The molecule has 1 aromatic rings. The first-order valence-corrected chi connectivity index (χ1v) is 12.0. The second-order valence-electron chi connectivity index (χ2n) is 10.00. The maximum absolute atomic E-state index is 13.5. The summed E-state index contributed by atoms with van der Waals surface area (Å²) in [7, 11) is 0. The molecule has 8 heteroatoms. The molecule has 4 aliphatic rings. The fourth-order valence-corrected chi connectivity index (χ4v) is 6.17. The second-order valence-corrected chi connectivity index (χ2v) is 10.00. The largest absolute Gasteiger partial charge is 0.508 e. The molecule has 182 valence electrons. The highest BCUT2D eigenvalue weighted by molar-refractivity contribution is 6.22. The van der Waals surface area contributed by atoms with Gasteiger partial charge in [0.25, 0.3) is 5.91 Å². The highest BCUT2D eigenvalue weighted by atomic mass is 16.3. The number of rotatable bonds is 1. The van der Waals surface area contributed by atoms with Crippen molar-refractivity contribution < 1.29 is 34.8 Å². The minimum atomic E-state index is -2.55. The van der Waals surface area contributed by atoms with Crippen molar-refractivity contribution >= 4 is 23.2 Å². The van der Waals surface area contributed by atoms with Gasteiger partial charge < -0.3 is 26.2 Å². The van der Waals surface area contributed by atoms with Crippen molar-refractivity contribution in [2.45, 2.75) is 57.0 Å². The van der Waals surface area contributed by atoms with Crippen LogP contribution in [0.3, 0.4) is 0 Å². The molecule has 8 nitrogen and oxygen atoms in total. The van der Waals surface area contributed by atoms with E-state index < -0.39 is 52.0 Å². The monoisotopic (exact) mass is 477 g/mol. The predicted octanol–water partition coefficient (Wildman–Crippen LogP) is 2.36. The van der Waals surface area contributed by atoms with Crippen molar-refractivity contribution in [3.8, 4) is 17.6 Å². The topological polar surface area (TPSA) is 158 Å². The van der Waals surface area contributed by atoms with Crippen molar-refractivity contribution in [3.63, 3.8) is 0 Å². The number of hydrogen-bond acceptors (Lipinski definition) is 7. The average molecular weight is 478 g/mol. The Balaban J connectivity index is 1.61. The van der Waals surface area contributed by atoms with E-state index in [-0.39, 0.29) is 36.1 Å². The van der Waals surface area contributed by atoms with Crippen LogP contribution in [0.25, 0.3) is 5.76 Å². The molecule has 5 rings (SSSR count). The van der Waals surface area contributed by atoms with Gasteiger partial charge in [0.15, 0.2) is 11.4 Å². The number of hydrogen-bond donors (Lipinski definition) is 5. The molecule has 0 aliphatic heterocycles. The molecular weight excluding hydrogens is 450 g/mol. The zero-order valence-corrected chi connectivity index (χ0v) is 19.1. The van der Waals surface area contributed by atoms with Gasteiger partial charge in [-0.3, -0.25) is 14.4 Å². The van der Waals surface area contributed by atoms with Crippen LogP contribution in [0.5, 0.6) is 5.75 Å². The van der Waals surface area contributed by atoms with Gasteiger partial charge in [-0.15, -0.1) is 0 Å². The molecule has 0 saturated heterocycles. The van der Waals surface area contributed by atoms with Gasteiger partial charge in [0.2, 0.25) is 5.78 Å². The van der Waals surface area contributed by atoms with E-state index in [1.54, 1.807) is 6.07 Å². The van der Waals surface area contributed by atoms with Crippen LogP contribution in [-0.4, -0.2) is 43.5 Å². The summed E-state index contributed by atoms with van der Waals surface area (Å²) in [5, 5.41) is 43.6. The summed E-state index contributed by atoms with van der Waals surface area (Å²) in [6.45, 7) is 0. The van der Waals surface area contributed by atoms with Crippen LogP contribution < -0.4 is 5.73 Å². The van der Waals surface area contributed by atoms with Crippen molar-refractivity contribution in [1.29, 1.82) is 0 Å². The standard InChI is InChI=1S/C27H27NO7/c28-26(34)22-19(30)12-16-10-15-11-17-14(7-6-13-4-2-1-3-5-13)8-9-18(29)21(17)23(31)20(15)24(32)27(16,35)25(22)33/h8-9,13,15-16,29,31,33,35H,1-5,10-12H2,(H2,28,34). The third kappa shape index (κ3) is 3.45. The molecule has 0 radical (unpaired) electrons. The molecule has 1 aromatic carbocycles. The van der Waals surface area contributed by atoms with E-state index in [0.29, 0.717) is 17.0 Å². The van der Waals surface area contributed by atoms with E-state index in [1.807, 2.05) is 0 Å². The summed E-state index contributed by atoms with van der Waals surface area (Å²) in [6.07, 6.45) is 5.61. The summed E-state index contributed by atoms with van der Waals surface area (Å²) in [5.41, 5.74) is 3.05. The normalized spacial score (nSPS) is 28.6. The number of aliphatic hydroxyl groups excluding tert-OH is 2. The first-order chi connectivity index (χ1) is 16.6. The SMILES string of the molecule is NC(=O)C1=C(O)C2(O)C(=O)C3=C(O)c4c(O)ccc(C#CC5CCCCC5)c4CC3CC2CC1=O. The van der Waals surface area contributed by atoms with E-state index in [9.17, 15) is 34.8 Å². The maximum atomic E-state index is 13.5. The van der Waals surface area contributed by atoms with Gasteiger partial charge in [0.1, 0.15) is 22.8 Å². The van der Waals surface area contributed by atoms with Gasteiger partial charge in [-0.2, -0.15) is 0 Å². The summed E-state index contributed by atoms with van der Waals surface area (Å²) >= 11 is 0. The molecule has 0 aromatic heterocycles. The van der Waals surface area contributed by atoms with Gasteiger partial charge in [-0.1, -0.05) is 31.1 Å². The summed E-state index contributed by atoms with van der Waals surface area (Å²) in [4.78, 5) is 37.7. The third-order valence-corrected chi connectivity index (χ3v) is 7.96. The lowest BCUT2D eigenvalue weighted by Crippen LogP contribution is -2.58. The number of benzene rings is 1. The Labute approximate surface area is 202 Å². The van der Waals surface area contributed by atoms with E-state index in [1.165, 1.54) is 12.5 Å². The number of ketones is 2. The number of aliphatic hydroxyl groups is 3. The Bertz CT molecular complexity index is 1290. The smallest absolute Gasteiger partial charge is 0.255 e. The van der Waals surface area contributed by atoms with Crippen LogP contribution >= 0.6 is 0 Å². The van der Waals surface area contributed by atoms with Crippen LogP contribution in [0.2, 0.25) is 0 Å². The first kappa shape index (κ1) is 23.2. The average Bonchev–Trinajstić information content (AvgIpc) is 2.81. The Morgan fingerprint density at radius 3 is 2.46 bits per heavy atom. The summed E-state index contributed by atoms with van der Waals surface area (Å²) < 4.78 is 0. The van der Waals surface area contributed by atoms with Crippen LogP contribution in [-0.2, 0) is 20.8 Å². The minimum absolute atomic E-state index is 0.0765. The lowest BCUT2D eigenvalue weighted by Gasteiger charge is -2.46. The number of primary amides is 1. The molecule has 1 amide bonds. The van der Waals surface area contributed by atoms with Gasteiger partial charge in [0, 0.05) is 29.4 Å². The number of carbonyl (C=O) groups is 3. The van der Waals surface area contributed by atoms with Crippen LogP contribution in [0.1, 0.15) is 61.6 Å². The number of fused-ring (bicyclic) bond motifs is 3. The molecule has 0 heterocycles. The van der Waals surface area contributed by atoms with E-state index in [4.69, 9.17) is 5.73 Å². The van der Waals surface area contributed by atoms with Gasteiger partial charge >= 0.3 is 0 Å². The number of nitrogens with two attached hydrogens (primary N) is 1. The maximum Gasteiger partial charge on any atom is 0.255 e. The number of carbonyl (C=O) groups excluding carboxylic acids is 3. The van der Waals surface area contributed by atoms with Gasteiger partial charge in [-0.05, 0) is 49.3 Å². The molecule has 0 spiro atoms. The van der Waals surface area contributed by atoms with E-state index >= 15 is 0 Å². The Kier molecular flexibility index (Phi) is 5.48. The molecule has 35 heavy (non-hydrogen) atoms. The van der Waals surface area contributed by atoms with E-state index in [2.05, 4.69) is 11.8 Å². The molecule has 2 saturated carbocycles. The van der Waals surface area contributed by atoms with Crippen molar-refractivity contribution in [2.24, 2.45) is 23.5 Å². The lowest BCUT2D eigenvalue weighted by molar-refractivity contribution is -0.147. The summed E-state index contributed by atoms with van der Waals surface area (Å²) in [6, 6.07) is 3.11. The molecule has 6 N–H and O–H groups in total. The molecule has 3 unspecified atom stereocenters. The zero-order valence-electron chi connectivity index (χ0n) is 19.1. The Hall–Kier alpha value is -3.57. The number of amides is 1. The van der Waals surface area contributed by atoms with E-state index in [0.717, 1.165) is 25.7 Å². The third-order valence-electron chi connectivity index (χ3n) is 7.96. The zero-order chi connectivity index (χ0) is 25.1. The first-order valence-electron chi connectivity index (χ1n) is 12.0. The number of Topliss-reactive ketones (excluding diaryl/α,β-unsaturated/α-hetero) is 2. The molecule has 2 fully saturated rings. The fraction of sp³-hybridized carbons (Fsp3) is 0.444. The van der Waals surface area contributed by atoms with Gasteiger partial charge in [0.05, 0.1) is 5.56 Å². The molecule has 3 atom stereocenters. The minimum Gasteiger partial charge on any atom is -0.508 e. The predicted molar refractivity (Wildman–Crippen MR) is 125 cm³/mol. The Morgan fingerprint density at radius 1 is 1.06 bits per heavy atom. The van der Waals surface area contributed by atoms with Crippen LogP contribution in [0.15, 0.2) is 29.0 Å². The quantitative estimate of drug-likeness (QED) is 0.307. The highest BCUT2D eigenvalue weighted by Crippen LogP contribution is 2.52. The highest BCUT2D eigenvalue weighted by Gasteiger charge is 2.60. The van der Waals surface area contributed by atoms with Crippen LogP contribution in [0.4, 0.5) is 0 Å². The summed E-state index contributed by atoms with van der Waals surface area (Å²) in [5.74, 6) is 0.521. The van der Waals surface area contributed by atoms with Gasteiger partial charge in [-0.25, -0.2) is 0 Å². The number of phenolic OH excluding ortho intramolecular Hbond substituents is 1. The second kappa shape index (κ2) is 8.28. The fourth-order valence-electron chi connectivity index (χ4n) is 6.17. The van der Waals surface area contributed by atoms with Crippen LogP contribution in [0, 0.1) is 29.6 Å². The van der Waals surface area contributed by atoms with Crippen molar-refractivity contribution in [3.05, 3.63) is 45.7 Å². The Morgan fingerprint density at radius 2 is 1.77 bits per heavy atom. The van der Waals surface area contributed by atoms with Crippen molar-refractivity contribution in [2.75, 3.05) is 0 Å². The number of aromatic hydroxyl groups is 1.